The Labute approximate surface area is 160 Å². The zero-order valence-electron chi connectivity index (χ0n) is 14.4. The van der Waals surface area contributed by atoms with Crippen LogP contribution >= 0.6 is 15.9 Å². The molecule has 2 aromatic rings. The highest BCUT2D eigenvalue weighted by atomic mass is 79.9. The molecule has 1 aliphatic heterocycles. The molecule has 0 amide bonds. The van der Waals surface area contributed by atoms with Crippen molar-refractivity contribution in [3.8, 4) is 0 Å². The van der Waals surface area contributed by atoms with Crippen molar-refractivity contribution in [3.05, 3.63) is 34.2 Å². The van der Waals surface area contributed by atoms with Crippen molar-refractivity contribution in [3.63, 3.8) is 0 Å². The maximum Gasteiger partial charge on any atom is 0.285 e. The average Bonchev–Trinajstić information content (AvgIpc) is 2.80. The van der Waals surface area contributed by atoms with Gasteiger partial charge in [-0.05, 0) is 48.8 Å². The van der Waals surface area contributed by atoms with E-state index in [1.807, 2.05) is 0 Å². The molecule has 1 atom stereocenters. The summed E-state index contributed by atoms with van der Waals surface area (Å²) < 4.78 is 64.1. The largest absolute Gasteiger partial charge is 0.591 e. The number of rotatable bonds is 4. The third-order valence-corrected chi connectivity index (χ3v) is 6.09. The number of fused-ring (bicyclic) bond motifs is 1. The predicted octanol–water partition coefficient (Wildman–Crippen LogP) is 4.63. The molecule has 4 nitrogen and oxygen atoms in total. The second-order valence-corrected chi connectivity index (χ2v) is 9.82. The zero-order valence-corrected chi connectivity index (χ0v) is 16.8. The molecule has 142 valence electrons. The van der Waals surface area contributed by atoms with Crippen LogP contribution in [-0.4, -0.2) is 39.2 Å². The molecule has 0 aliphatic carbocycles. The second kappa shape index (κ2) is 7.18. The number of benzene rings is 1. The van der Waals surface area contributed by atoms with Gasteiger partial charge < -0.3 is 13.9 Å². The van der Waals surface area contributed by atoms with Crippen LogP contribution in [0.5, 0.6) is 0 Å². The van der Waals surface area contributed by atoms with E-state index in [9.17, 15) is 17.7 Å². The topological polar surface area (TPSA) is 49.6 Å². The summed E-state index contributed by atoms with van der Waals surface area (Å²) in [5.41, 5.74) is 0.0892. The van der Waals surface area contributed by atoms with Gasteiger partial charge >= 0.3 is 0 Å². The van der Waals surface area contributed by atoms with Crippen LogP contribution in [0.4, 0.5) is 13.2 Å². The van der Waals surface area contributed by atoms with Gasteiger partial charge in [0, 0.05) is 17.1 Å². The molecular formula is C17H18BrF3N2O2S. The number of hydrogen-bond acceptors (Lipinski definition) is 3. The van der Waals surface area contributed by atoms with E-state index in [-0.39, 0.29) is 16.1 Å². The Morgan fingerprint density at radius 1 is 1.38 bits per heavy atom. The molecule has 0 bridgehead atoms. The summed E-state index contributed by atoms with van der Waals surface area (Å²) in [5.74, 6) is -0.563. The van der Waals surface area contributed by atoms with Crippen molar-refractivity contribution >= 4 is 43.9 Å². The van der Waals surface area contributed by atoms with Gasteiger partial charge in [0.15, 0.2) is 5.71 Å². The molecule has 9 heteroatoms. The first-order chi connectivity index (χ1) is 12.1. The summed E-state index contributed by atoms with van der Waals surface area (Å²) in [7, 11) is 0. The Bertz CT molecular complexity index is 860. The van der Waals surface area contributed by atoms with Gasteiger partial charge in [-0.1, -0.05) is 4.40 Å². The summed E-state index contributed by atoms with van der Waals surface area (Å²) in [4.78, 5) is 0. The van der Waals surface area contributed by atoms with Crippen molar-refractivity contribution in [1.82, 2.24) is 4.57 Å². The molecule has 1 saturated heterocycles. The number of aromatic nitrogens is 1. The van der Waals surface area contributed by atoms with Gasteiger partial charge in [0.2, 0.25) is 0 Å². The van der Waals surface area contributed by atoms with Gasteiger partial charge in [-0.2, -0.15) is 0 Å². The van der Waals surface area contributed by atoms with E-state index in [0.717, 1.165) is 0 Å². The Balaban J connectivity index is 2.21. The average molecular weight is 451 g/mol. The summed E-state index contributed by atoms with van der Waals surface area (Å²) in [6, 6.07) is 2.73. The summed E-state index contributed by atoms with van der Waals surface area (Å²) in [6.07, 6.45) is -1.42. The molecule has 0 N–H and O–H groups in total. The molecule has 1 aliphatic rings. The molecule has 26 heavy (non-hydrogen) atoms. The van der Waals surface area contributed by atoms with E-state index in [2.05, 4.69) is 20.3 Å². The van der Waals surface area contributed by atoms with Crippen molar-refractivity contribution < 1.29 is 22.5 Å². The van der Waals surface area contributed by atoms with Crippen molar-refractivity contribution in [2.45, 2.75) is 38.0 Å². The quantitative estimate of drug-likeness (QED) is 0.503. The third-order valence-electron chi connectivity index (χ3n) is 4.08. The Hall–Kier alpha value is -1.03. The van der Waals surface area contributed by atoms with Crippen LogP contribution in [0.1, 0.15) is 32.4 Å². The minimum Gasteiger partial charge on any atom is -0.591 e. The van der Waals surface area contributed by atoms with Crippen LogP contribution < -0.4 is 0 Å². The molecular weight excluding hydrogens is 433 g/mol. The molecule has 3 rings (SSSR count). The third kappa shape index (κ3) is 3.67. The highest BCUT2D eigenvalue weighted by Crippen LogP contribution is 2.33. The monoisotopic (exact) mass is 450 g/mol. The number of halogens is 4. The maximum absolute atomic E-state index is 14.1. The lowest BCUT2D eigenvalue weighted by atomic mass is 10.1. The molecule has 1 aromatic carbocycles. The molecule has 1 fully saturated rings. The summed E-state index contributed by atoms with van der Waals surface area (Å²) in [5, 5.41) is 0.308. The standard InChI is InChI=1S/C17H18BrF3N2O2S/c1-17(2,3)26(24)22-15(16(20)21)11-6-23(9-7-25-8-9)14-5-12(18)13(19)4-10(11)14/h4-6,9,16H,7-8H2,1-3H3/t26-/m0/s1. The highest BCUT2D eigenvalue weighted by Gasteiger charge is 2.32. The molecule has 0 radical (unpaired) electrons. The SMILES string of the molecule is CC(C)(C)[S@+]([O-])N=C(c1cn(C2COC2)c2cc(Br)c(F)cc12)C(F)F. The van der Waals surface area contributed by atoms with Crippen molar-refractivity contribution in [2.24, 2.45) is 4.40 Å². The van der Waals surface area contributed by atoms with Gasteiger partial charge in [-0.15, -0.1) is 0 Å². The molecule has 2 heterocycles. The van der Waals surface area contributed by atoms with Crippen LogP contribution in [0.2, 0.25) is 0 Å². The van der Waals surface area contributed by atoms with Gasteiger partial charge in [0.1, 0.15) is 21.9 Å². The second-order valence-electron chi connectivity index (χ2n) is 7.06. The van der Waals surface area contributed by atoms with E-state index in [0.29, 0.717) is 24.1 Å². The zero-order chi connectivity index (χ0) is 19.2. The highest BCUT2D eigenvalue weighted by molar-refractivity contribution is 9.10. The fraction of sp³-hybridized carbons (Fsp3) is 0.471. The molecule has 0 spiro atoms. The Kier molecular flexibility index (Phi) is 5.45. The van der Waals surface area contributed by atoms with E-state index in [1.54, 1.807) is 31.4 Å². The minimum atomic E-state index is -2.94. The number of ether oxygens (including phenoxy) is 1. The first kappa shape index (κ1) is 19.7. The van der Waals surface area contributed by atoms with Crippen LogP contribution in [0.15, 0.2) is 27.2 Å². The lowest BCUT2D eigenvalue weighted by molar-refractivity contribution is -0.0214. The van der Waals surface area contributed by atoms with E-state index in [4.69, 9.17) is 4.74 Å². The predicted molar refractivity (Wildman–Crippen MR) is 99.9 cm³/mol. The van der Waals surface area contributed by atoms with Crippen LogP contribution in [0, 0.1) is 5.82 Å². The smallest absolute Gasteiger partial charge is 0.285 e. The van der Waals surface area contributed by atoms with Crippen molar-refractivity contribution in [1.29, 1.82) is 0 Å². The number of hydrogen-bond donors (Lipinski definition) is 0. The first-order valence-corrected chi connectivity index (χ1v) is 9.86. The van der Waals surface area contributed by atoms with Crippen LogP contribution in [0.3, 0.4) is 0 Å². The fourth-order valence-corrected chi connectivity index (χ4v) is 3.53. The lowest BCUT2D eigenvalue weighted by Crippen LogP contribution is -2.30. The van der Waals surface area contributed by atoms with Crippen LogP contribution in [-0.2, 0) is 16.1 Å². The van der Waals surface area contributed by atoms with Crippen LogP contribution in [0.25, 0.3) is 10.9 Å². The fourth-order valence-electron chi connectivity index (χ4n) is 2.57. The van der Waals surface area contributed by atoms with E-state index >= 15 is 0 Å². The van der Waals surface area contributed by atoms with E-state index < -0.39 is 34.1 Å². The first-order valence-electron chi connectivity index (χ1n) is 7.96. The van der Waals surface area contributed by atoms with Gasteiger partial charge in [-0.25, -0.2) is 13.2 Å². The Morgan fingerprint density at radius 3 is 2.54 bits per heavy atom. The molecule has 1 aromatic heterocycles. The van der Waals surface area contributed by atoms with Gasteiger partial charge in [0.25, 0.3) is 6.43 Å². The molecule has 0 unspecified atom stereocenters. The van der Waals surface area contributed by atoms with Crippen molar-refractivity contribution in [2.75, 3.05) is 13.2 Å². The number of alkyl halides is 2. The summed E-state index contributed by atoms with van der Waals surface area (Å²) in [6.45, 7) is 5.87. The van der Waals surface area contributed by atoms with E-state index in [1.165, 1.54) is 12.3 Å². The number of nitrogens with zero attached hydrogens (tertiary/aromatic N) is 2. The van der Waals surface area contributed by atoms with Gasteiger partial charge in [-0.3, -0.25) is 0 Å². The normalized spacial score (nSPS) is 17.8. The van der Waals surface area contributed by atoms with Gasteiger partial charge in [0.05, 0.1) is 29.2 Å². The maximum atomic E-state index is 14.1. The lowest BCUT2D eigenvalue weighted by Gasteiger charge is -2.28. The minimum absolute atomic E-state index is 0.0179. The molecule has 0 saturated carbocycles. The summed E-state index contributed by atoms with van der Waals surface area (Å²) >= 11 is 1.28. The Morgan fingerprint density at radius 2 is 2.04 bits per heavy atom.